The highest BCUT2D eigenvalue weighted by atomic mass is 35.5. The minimum absolute atomic E-state index is 0.177. The SMILES string of the molecule is CC(SCC#N)C(=O)Nc1cc(Cl)cc(Cl)c1. The Morgan fingerprint density at radius 3 is 2.59 bits per heavy atom. The van der Waals surface area contributed by atoms with E-state index in [2.05, 4.69) is 5.32 Å². The maximum atomic E-state index is 11.7. The highest BCUT2D eigenvalue weighted by Crippen LogP contribution is 2.23. The molecule has 1 unspecified atom stereocenters. The number of benzene rings is 1. The largest absolute Gasteiger partial charge is 0.325 e. The summed E-state index contributed by atoms with van der Waals surface area (Å²) in [5.74, 6) is 0.105. The Kier molecular flexibility index (Phi) is 5.63. The maximum Gasteiger partial charge on any atom is 0.237 e. The number of carbonyl (C=O) groups excluding carboxylic acids is 1. The zero-order chi connectivity index (χ0) is 12.8. The van der Waals surface area contributed by atoms with Crippen LogP contribution in [0.25, 0.3) is 0 Å². The van der Waals surface area contributed by atoms with E-state index in [1.807, 2.05) is 6.07 Å². The minimum Gasteiger partial charge on any atom is -0.325 e. The van der Waals surface area contributed by atoms with Crippen LogP contribution in [0.3, 0.4) is 0 Å². The number of carbonyl (C=O) groups is 1. The lowest BCUT2D eigenvalue weighted by Gasteiger charge is -2.10. The summed E-state index contributed by atoms with van der Waals surface area (Å²) in [6.45, 7) is 1.74. The molecule has 6 heteroatoms. The lowest BCUT2D eigenvalue weighted by Crippen LogP contribution is -2.22. The fourth-order valence-corrected chi connectivity index (χ4v) is 2.17. The van der Waals surface area contributed by atoms with E-state index >= 15 is 0 Å². The summed E-state index contributed by atoms with van der Waals surface area (Å²) >= 11 is 12.9. The summed E-state index contributed by atoms with van der Waals surface area (Å²) in [6, 6.07) is 6.80. The standard InChI is InChI=1S/C11H10Cl2N2OS/c1-7(17-3-2-14)11(16)15-10-5-8(12)4-9(13)6-10/h4-7H,3H2,1H3,(H,15,16). The van der Waals surface area contributed by atoms with Crippen LogP contribution in [0, 0.1) is 11.3 Å². The van der Waals surface area contributed by atoms with E-state index in [-0.39, 0.29) is 16.9 Å². The first kappa shape index (κ1) is 14.2. The van der Waals surface area contributed by atoms with Crippen LogP contribution in [0.15, 0.2) is 18.2 Å². The van der Waals surface area contributed by atoms with Gasteiger partial charge in [-0.3, -0.25) is 4.79 Å². The van der Waals surface area contributed by atoms with Crippen LogP contribution in [0.4, 0.5) is 5.69 Å². The number of thioether (sulfide) groups is 1. The average Bonchev–Trinajstić information content (AvgIpc) is 2.24. The second kappa shape index (κ2) is 6.75. The van der Waals surface area contributed by atoms with Crippen molar-refractivity contribution < 1.29 is 4.79 Å². The highest BCUT2D eigenvalue weighted by molar-refractivity contribution is 8.00. The molecule has 1 rings (SSSR count). The molecule has 1 aromatic rings. The summed E-state index contributed by atoms with van der Waals surface area (Å²) in [7, 11) is 0. The monoisotopic (exact) mass is 288 g/mol. The molecule has 0 spiro atoms. The molecule has 1 N–H and O–H groups in total. The van der Waals surface area contributed by atoms with Crippen molar-refractivity contribution >= 4 is 46.6 Å². The Morgan fingerprint density at radius 1 is 1.47 bits per heavy atom. The molecule has 0 aliphatic heterocycles. The van der Waals surface area contributed by atoms with Crippen LogP contribution in [-0.2, 0) is 4.79 Å². The zero-order valence-corrected chi connectivity index (χ0v) is 11.4. The number of hydrogen-bond acceptors (Lipinski definition) is 3. The van der Waals surface area contributed by atoms with Crippen molar-refractivity contribution in [3.8, 4) is 6.07 Å². The van der Waals surface area contributed by atoms with Gasteiger partial charge in [0.05, 0.1) is 17.1 Å². The molecule has 1 aromatic carbocycles. The third-order valence-corrected chi connectivity index (χ3v) is 3.34. The van der Waals surface area contributed by atoms with Gasteiger partial charge in [-0.05, 0) is 25.1 Å². The van der Waals surface area contributed by atoms with Gasteiger partial charge in [0, 0.05) is 15.7 Å². The summed E-state index contributed by atoms with van der Waals surface area (Å²) in [5.41, 5.74) is 0.553. The number of anilines is 1. The van der Waals surface area contributed by atoms with E-state index in [9.17, 15) is 4.79 Å². The molecule has 3 nitrogen and oxygen atoms in total. The first-order valence-electron chi connectivity index (χ1n) is 4.78. The second-order valence-electron chi connectivity index (χ2n) is 3.26. The molecule has 90 valence electrons. The normalized spacial score (nSPS) is 11.6. The highest BCUT2D eigenvalue weighted by Gasteiger charge is 2.13. The Balaban J connectivity index is 2.64. The van der Waals surface area contributed by atoms with Gasteiger partial charge < -0.3 is 5.32 Å². The predicted molar refractivity (Wildman–Crippen MR) is 72.6 cm³/mol. The van der Waals surface area contributed by atoms with Crippen molar-refractivity contribution in [3.63, 3.8) is 0 Å². The van der Waals surface area contributed by atoms with Crippen LogP contribution in [0.1, 0.15) is 6.92 Å². The minimum atomic E-state index is -0.299. The molecule has 0 radical (unpaired) electrons. The maximum absolute atomic E-state index is 11.7. The van der Waals surface area contributed by atoms with Gasteiger partial charge in [0.25, 0.3) is 0 Å². The summed E-state index contributed by atoms with van der Waals surface area (Å²) in [6.07, 6.45) is 0. The van der Waals surface area contributed by atoms with Gasteiger partial charge in [0.2, 0.25) is 5.91 Å². The number of nitrogens with zero attached hydrogens (tertiary/aromatic N) is 1. The lowest BCUT2D eigenvalue weighted by molar-refractivity contribution is -0.115. The molecule has 1 amide bonds. The molecule has 0 saturated heterocycles. The van der Waals surface area contributed by atoms with E-state index in [4.69, 9.17) is 28.5 Å². The molecule has 0 saturated carbocycles. The fourth-order valence-electron chi connectivity index (χ4n) is 1.11. The molecule has 0 heterocycles. The number of halogens is 2. The van der Waals surface area contributed by atoms with E-state index in [0.717, 1.165) is 0 Å². The molecule has 0 fully saturated rings. The van der Waals surface area contributed by atoms with E-state index < -0.39 is 0 Å². The smallest absolute Gasteiger partial charge is 0.237 e. The van der Waals surface area contributed by atoms with E-state index in [1.165, 1.54) is 11.8 Å². The molecular formula is C11H10Cl2N2OS. The first-order valence-corrected chi connectivity index (χ1v) is 6.59. The van der Waals surface area contributed by atoms with Crippen molar-refractivity contribution in [2.75, 3.05) is 11.1 Å². The van der Waals surface area contributed by atoms with Gasteiger partial charge >= 0.3 is 0 Å². The number of rotatable bonds is 4. The second-order valence-corrected chi connectivity index (χ2v) is 5.46. The molecular weight excluding hydrogens is 279 g/mol. The quantitative estimate of drug-likeness (QED) is 0.921. The van der Waals surface area contributed by atoms with Crippen LogP contribution < -0.4 is 5.32 Å². The Hall–Kier alpha value is -0.890. The van der Waals surface area contributed by atoms with Crippen molar-refractivity contribution in [1.82, 2.24) is 0 Å². The molecule has 0 aliphatic carbocycles. The molecule has 0 aliphatic rings. The number of nitriles is 1. The van der Waals surface area contributed by atoms with Crippen LogP contribution in [0.2, 0.25) is 10.0 Å². The summed E-state index contributed by atoms with van der Waals surface area (Å²) < 4.78 is 0. The Morgan fingerprint density at radius 2 is 2.06 bits per heavy atom. The lowest BCUT2D eigenvalue weighted by atomic mass is 10.3. The third kappa shape index (κ3) is 4.86. The van der Waals surface area contributed by atoms with Crippen molar-refractivity contribution in [1.29, 1.82) is 5.26 Å². The number of hydrogen-bond donors (Lipinski definition) is 1. The van der Waals surface area contributed by atoms with Crippen LogP contribution >= 0.6 is 35.0 Å². The van der Waals surface area contributed by atoms with Gasteiger partial charge in [-0.1, -0.05) is 23.2 Å². The topological polar surface area (TPSA) is 52.9 Å². The van der Waals surface area contributed by atoms with Crippen LogP contribution in [0.5, 0.6) is 0 Å². The molecule has 17 heavy (non-hydrogen) atoms. The molecule has 1 atom stereocenters. The Bertz CT molecular complexity index is 439. The van der Waals surface area contributed by atoms with Gasteiger partial charge in [-0.2, -0.15) is 5.26 Å². The Labute approximate surface area is 114 Å². The average molecular weight is 289 g/mol. The summed E-state index contributed by atoms with van der Waals surface area (Å²) in [5, 5.41) is 11.7. The van der Waals surface area contributed by atoms with Gasteiger partial charge in [-0.25, -0.2) is 0 Å². The third-order valence-electron chi connectivity index (χ3n) is 1.90. The van der Waals surface area contributed by atoms with Crippen molar-refractivity contribution in [2.45, 2.75) is 12.2 Å². The fraction of sp³-hybridized carbons (Fsp3) is 0.273. The first-order chi connectivity index (χ1) is 8.02. The molecule has 0 aromatic heterocycles. The van der Waals surface area contributed by atoms with Gasteiger partial charge in [0.1, 0.15) is 0 Å². The van der Waals surface area contributed by atoms with Crippen molar-refractivity contribution in [2.24, 2.45) is 0 Å². The van der Waals surface area contributed by atoms with Gasteiger partial charge in [0.15, 0.2) is 0 Å². The number of nitrogens with one attached hydrogen (secondary N) is 1. The summed E-state index contributed by atoms with van der Waals surface area (Å²) in [4.78, 5) is 11.7. The zero-order valence-electron chi connectivity index (χ0n) is 9.04. The van der Waals surface area contributed by atoms with Crippen molar-refractivity contribution in [3.05, 3.63) is 28.2 Å². The number of amides is 1. The predicted octanol–water partition coefficient (Wildman–Crippen LogP) is 3.58. The van der Waals surface area contributed by atoms with Crippen LogP contribution in [-0.4, -0.2) is 16.9 Å². The van der Waals surface area contributed by atoms with Gasteiger partial charge in [-0.15, -0.1) is 11.8 Å². The van der Waals surface area contributed by atoms with E-state index in [1.54, 1.807) is 25.1 Å². The molecule has 0 bridgehead atoms. The van der Waals surface area contributed by atoms with E-state index in [0.29, 0.717) is 15.7 Å².